The van der Waals surface area contributed by atoms with Gasteiger partial charge in [0.1, 0.15) is 11.4 Å². The Hall–Kier alpha value is -3.27. The zero-order chi connectivity index (χ0) is 18.9. The van der Waals surface area contributed by atoms with E-state index < -0.39 is 0 Å². The molecule has 0 radical (unpaired) electrons. The quantitative estimate of drug-likeness (QED) is 0.467. The van der Waals surface area contributed by atoms with E-state index in [-0.39, 0.29) is 5.41 Å². The van der Waals surface area contributed by atoms with Crippen molar-refractivity contribution in [3.05, 3.63) is 78.5 Å². The maximum atomic E-state index is 6.14. The van der Waals surface area contributed by atoms with Crippen LogP contribution in [0.2, 0.25) is 0 Å². The van der Waals surface area contributed by atoms with Crippen LogP contribution in [0.3, 0.4) is 0 Å². The Morgan fingerprint density at radius 3 is 2.22 bits per heavy atom. The summed E-state index contributed by atoms with van der Waals surface area (Å²) in [6.07, 6.45) is 1.74. The van der Waals surface area contributed by atoms with Crippen molar-refractivity contribution in [1.82, 2.24) is 15.0 Å². The van der Waals surface area contributed by atoms with Gasteiger partial charge < -0.3 is 4.74 Å². The third-order valence-electron chi connectivity index (χ3n) is 4.40. The number of pyridine rings is 1. The molecule has 2 aromatic heterocycles. The monoisotopic (exact) mass is 355 g/mol. The normalized spacial score (nSPS) is 11.5. The fourth-order valence-corrected chi connectivity index (χ4v) is 2.87. The van der Waals surface area contributed by atoms with Crippen LogP contribution >= 0.6 is 0 Å². The van der Waals surface area contributed by atoms with Crippen LogP contribution in [0.1, 0.15) is 26.3 Å². The SMILES string of the molecule is CC(C)(C)c1ccc(Oc2nc(-c3ccccn3)nc3ccccc23)cc1. The van der Waals surface area contributed by atoms with Crippen molar-refractivity contribution in [3.63, 3.8) is 0 Å². The molecule has 0 N–H and O–H groups in total. The third-order valence-corrected chi connectivity index (χ3v) is 4.40. The van der Waals surface area contributed by atoms with Gasteiger partial charge in [-0.1, -0.05) is 51.1 Å². The molecular formula is C23H21N3O. The molecule has 2 aromatic carbocycles. The number of ether oxygens (including phenoxy) is 1. The van der Waals surface area contributed by atoms with Gasteiger partial charge in [0.25, 0.3) is 0 Å². The van der Waals surface area contributed by atoms with Crippen LogP contribution in [-0.2, 0) is 5.41 Å². The minimum Gasteiger partial charge on any atom is -0.438 e. The Labute approximate surface area is 158 Å². The zero-order valence-electron chi connectivity index (χ0n) is 15.7. The van der Waals surface area contributed by atoms with Crippen molar-refractivity contribution in [2.45, 2.75) is 26.2 Å². The molecule has 4 nitrogen and oxygen atoms in total. The molecule has 4 heteroatoms. The summed E-state index contributed by atoms with van der Waals surface area (Å²) in [4.78, 5) is 13.6. The number of fused-ring (bicyclic) bond motifs is 1. The van der Waals surface area contributed by atoms with Crippen molar-refractivity contribution >= 4 is 10.9 Å². The van der Waals surface area contributed by atoms with Crippen LogP contribution in [0.25, 0.3) is 22.4 Å². The number of hydrogen-bond donors (Lipinski definition) is 0. The van der Waals surface area contributed by atoms with Crippen molar-refractivity contribution < 1.29 is 4.74 Å². The van der Waals surface area contributed by atoms with E-state index >= 15 is 0 Å². The van der Waals surface area contributed by atoms with Crippen LogP contribution in [-0.4, -0.2) is 15.0 Å². The van der Waals surface area contributed by atoms with Crippen molar-refractivity contribution in [2.24, 2.45) is 0 Å². The number of aromatic nitrogens is 3. The molecule has 0 aliphatic rings. The van der Waals surface area contributed by atoms with E-state index in [2.05, 4.69) is 47.9 Å². The summed E-state index contributed by atoms with van der Waals surface area (Å²) in [5.74, 6) is 1.83. The van der Waals surface area contributed by atoms with Gasteiger partial charge in [0.2, 0.25) is 5.88 Å². The number of nitrogens with zero attached hydrogens (tertiary/aromatic N) is 3. The first-order chi connectivity index (χ1) is 13.0. The molecule has 4 rings (SSSR count). The summed E-state index contributed by atoms with van der Waals surface area (Å²) in [5.41, 5.74) is 2.91. The Balaban J connectivity index is 1.76. The predicted octanol–water partition coefficient (Wildman–Crippen LogP) is 5.78. The first kappa shape index (κ1) is 17.2. The lowest BCUT2D eigenvalue weighted by Crippen LogP contribution is -2.10. The second-order valence-corrected chi connectivity index (χ2v) is 7.46. The lowest BCUT2D eigenvalue weighted by Gasteiger charge is -2.19. The average molecular weight is 355 g/mol. The number of hydrogen-bond acceptors (Lipinski definition) is 4. The van der Waals surface area contributed by atoms with Gasteiger partial charge in [0, 0.05) is 6.20 Å². The maximum absolute atomic E-state index is 6.14. The van der Waals surface area contributed by atoms with Crippen LogP contribution in [0.5, 0.6) is 11.6 Å². The molecule has 4 aromatic rings. The largest absolute Gasteiger partial charge is 0.438 e. The van der Waals surface area contributed by atoms with E-state index in [0.29, 0.717) is 11.7 Å². The molecular weight excluding hydrogens is 334 g/mol. The van der Waals surface area contributed by atoms with E-state index in [1.54, 1.807) is 6.20 Å². The molecule has 0 amide bonds. The van der Waals surface area contributed by atoms with Gasteiger partial charge in [-0.15, -0.1) is 0 Å². The summed E-state index contributed by atoms with van der Waals surface area (Å²) in [5, 5.41) is 0.872. The summed E-state index contributed by atoms with van der Waals surface area (Å²) in [7, 11) is 0. The molecule has 0 saturated carbocycles. The second-order valence-electron chi connectivity index (χ2n) is 7.46. The van der Waals surface area contributed by atoms with Gasteiger partial charge >= 0.3 is 0 Å². The molecule has 27 heavy (non-hydrogen) atoms. The van der Waals surface area contributed by atoms with Crippen molar-refractivity contribution in [1.29, 1.82) is 0 Å². The minimum atomic E-state index is 0.103. The highest BCUT2D eigenvalue weighted by molar-refractivity contribution is 5.85. The first-order valence-electron chi connectivity index (χ1n) is 8.97. The highest BCUT2D eigenvalue weighted by Gasteiger charge is 2.15. The highest BCUT2D eigenvalue weighted by atomic mass is 16.5. The lowest BCUT2D eigenvalue weighted by molar-refractivity contribution is 0.468. The van der Waals surface area contributed by atoms with Gasteiger partial charge in [-0.3, -0.25) is 4.98 Å². The molecule has 0 aliphatic heterocycles. The van der Waals surface area contributed by atoms with Crippen LogP contribution in [0, 0.1) is 0 Å². The second kappa shape index (κ2) is 6.80. The molecule has 2 heterocycles. The number of benzene rings is 2. The molecule has 134 valence electrons. The standard InChI is InChI=1S/C23H21N3O/c1-23(2,3)16-11-13-17(14-12-16)27-22-18-8-4-5-9-19(18)25-21(26-22)20-10-6-7-15-24-20/h4-15H,1-3H3. The van der Waals surface area contributed by atoms with Gasteiger partial charge in [0.15, 0.2) is 5.82 Å². The summed E-state index contributed by atoms with van der Waals surface area (Å²) < 4.78 is 6.14. The fraction of sp³-hybridized carbons (Fsp3) is 0.174. The van der Waals surface area contributed by atoms with E-state index in [1.165, 1.54) is 5.56 Å². The van der Waals surface area contributed by atoms with E-state index in [1.807, 2.05) is 54.6 Å². The number of rotatable bonds is 3. The maximum Gasteiger partial charge on any atom is 0.230 e. The minimum absolute atomic E-state index is 0.103. The Bertz CT molecular complexity index is 1070. The summed E-state index contributed by atoms with van der Waals surface area (Å²) in [6, 6.07) is 21.7. The van der Waals surface area contributed by atoms with Gasteiger partial charge in [-0.05, 0) is 47.4 Å². The first-order valence-corrected chi connectivity index (χ1v) is 8.97. The Morgan fingerprint density at radius 2 is 1.52 bits per heavy atom. The Kier molecular flexibility index (Phi) is 4.32. The summed E-state index contributed by atoms with van der Waals surface area (Å²) >= 11 is 0. The highest BCUT2D eigenvalue weighted by Crippen LogP contribution is 2.31. The zero-order valence-corrected chi connectivity index (χ0v) is 15.7. The molecule has 0 unspecified atom stereocenters. The Morgan fingerprint density at radius 1 is 0.778 bits per heavy atom. The van der Waals surface area contributed by atoms with Crippen molar-refractivity contribution in [2.75, 3.05) is 0 Å². The number of para-hydroxylation sites is 1. The predicted molar refractivity (Wildman–Crippen MR) is 108 cm³/mol. The molecule has 0 bridgehead atoms. The smallest absolute Gasteiger partial charge is 0.230 e. The summed E-state index contributed by atoms with van der Waals surface area (Å²) in [6.45, 7) is 6.58. The molecule has 0 saturated heterocycles. The molecule has 0 atom stereocenters. The third kappa shape index (κ3) is 3.65. The van der Waals surface area contributed by atoms with Gasteiger partial charge in [-0.25, -0.2) is 4.98 Å². The van der Waals surface area contributed by atoms with Crippen molar-refractivity contribution in [3.8, 4) is 23.1 Å². The average Bonchev–Trinajstić information content (AvgIpc) is 2.68. The van der Waals surface area contributed by atoms with E-state index in [4.69, 9.17) is 4.74 Å². The molecule has 0 aliphatic carbocycles. The van der Waals surface area contributed by atoms with Gasteiger partial charge in [0.05, 0.1) is 10.9 Å². The fourth-order valence-electron chi connectivity index (χ4n) is 2.87. The van der Waals surface area contributed by atoms with Crippen LogP contribution in [0.15, 0.2) is 72.9 Å². The van der Waals surface area contributed by atoms with Gasteiger partial charge in [-0.2, -0.15) is 4.98 Å². The van der Waals surface area contributed by atoms with E-state index in [0.717, 1.165) is 22.3 Å². The lowest BCUT2D eigenvalue weighted by atomic mass is 9.87. The molecule has 0 fully saturated rings. The topological polar surface area (TPSA) is 47.9 Å². The molecule has 0 spiro atoms. The van der Waals surface area contributed by atoms with Crippen LogP contribution in [0.4, 0.5) is 0 Å². The van der Waals surface area contributed by atoms with E-state index in [9.17, 15) is 0 Å². The van der Waals surface area contributed by atoms with Crippen LogP contribution < -0.4 is 4.74 Å².